The van der Waals surface area contributed by atoms with E-state index >= 15 is 0 Å². The number of carbonyl (C=O) groups is 3. The van der Waals surface area contributed by atoms with Gasteiger partial charge in [-0.2, -0.15) is 0 Å². The van der Waals surface area contributed by atoms with Crippen LogP contribution in [-0.2, 0) is 45.3 Å². The Bertz CT molecular complexity index is 1410. The number of halogens is 1. The largest absolute Gasteiger partial charge is 0.485 e. The van der Waals surface area contributed by atoms with Gasteiger partial charge in [-0.25, -0.2) is 0 Å². The molecule has 1 N–H and O–H groups in total. The van der Waals surface area contributed by atoms with Crippen molar-refractivity contribution in [2.75, 3.05) is 19.7 Å². The van der Waals surface area contributed by atoms with Gasteiger partial charge in [0, 0.05) is 36.6 Å². The molecule has 0 radical (unpaired) electrons. The van der Waals surface area contributed by atoms with Crippen molar-refractivity contribution in [3.63, 3.8) is 0 Å². The number of carboxylic acid groups (broad SMARTS) is 1. The highest BCUT2D eigenvalue weighted by atomic mass is 35.5. The summed E-state index contributed by atoms with van der Waals surface area (Å²) in [5.74, 6) is -0.497. The molecule has 7 rings (SSSR count). The zero-order chi connectivity index (χ0) is 28.3. The summed E-state index contributed by atoms with van der Waals surface area (Å²) in [6, 6.07) is 3.60. The molecule has 12 heteroatoms. The smallest absolute Gasteiger partial charge is 0.307 e. The fourth-order valence-corrected chi connectivity index (χ4v) is 7.51. The lowest BCUT2D eigenvalue weighted by Crippen LogP contribution is -2.52. The molecule has 1 aromatic heterocycles. The van der Waals surface area contributed by atoms with Crippen molar-refractivity contribution in [3.8, 4) is 5.75 Å². The van der Waals surface area contributed by atoms with Crippen LogP contribution in [0.4, 0.5) is 0 Å². The fourth-order valence-electron chi connectivity index (χ4n) is 7.25. The molecule has 2 amide bonds. The average Bonchev–Trinajstić information content (AvgIpc) is 3.48. The third kappa shape index (κ3) is 4.67. The summed E-state index contributed by atoms with van der Waals surface area (Å²) in [5, 5.41) is 19.0. The first kappa shape index (κ1) is 26.7. The van der Waals surface area contributed by atoms with Gasteiger partial charge in [-0.15, -0.1) is 10.2 Å². The fraction of sp³-hybridized carbons (Fsp3) is 0.621. The number of amides is 2. The average molecular weight is 584 g/mol. The second kappa shape index (κ2) is 10.3. The lowest BCUT2D eigenvalue weighted by atomic mass is 9.78. The predicted octanol–water partition coefficient (Wildman–Crippen LogP) is 3.33. The monoisotopic (exact) mass is 583 g/mol. The van der Waals surface area contributed by atoms with Gasteiger partial charge in [0.15, 0.2) is 11.6 Å². The van der Waals surface area contributed by atoms with Crippen LogP contribution in [0.3, 0.4) is 0 Å². The standard InChI is InChI=1S/C29H34ClN5O6/c30-20-5-6-21(41-15-23-32-31-22-14-40-12-11-33(22)23)25-19(20)7-10-34(26(25)35-16-29(8-9-29)13-24(35)36)27(37)17-3-1-2-4-18(17)28(38)39/h5-6,17-18,26H,1-4,7-16H2,(H,38,39)/t17?,18?,26-/m1/s1. The highest BCUT2D eigenvalue weighted by Crippen LogP contribution is 2.56. The number of likely N-dealkylation sites (tertiary alicyclic amines) is 1. The number of rotatable bonds is 6. The minimum atomic E-state index is -0.930. The van der Waals surface area contributed by atoms with Gasteiger partial charge in [-0.1, -0.05) is 24.4 Å². The van der Waals surface area contributed by atoms with Crippen molar-refractivity contribution in [1.82, 2.24) is 24.6 Å². The number of aromatic nitrogens is 3. The molecule has 11 nitrogen and oxygen atoms in total. The van der Waals surface area contributed by atoms with Crippen molar-refractivity contribution < 1.29 is 29.0 Å². The topological polar surface area (TPSA) is 127 Å². The van der Waals surface area contributed by atoms with Gasteiger partial charge in [-0.05, 0) is 55.2 Å². The van der Waals surface area contributed by atoms with Gasteiger partial charge in [0.2, 0.25) is 11.8 Å². The van der Waals surface area contributed by atoms with Crippen molar-refractivity contribution in [2.45, 2.75) is 77.3 Å². The number of carboxylic acids is 1. The van der Waals surface area contributed by atoms with Crippen LogP contribution in [0.5, 0.6) is 5.75 Å². The third-order valence-electron chi connectivity index (χ3n) is 9.66. The SMILES string of the molecule is O=C(O)C1CCCCC1C(=O)N1CCc2c(Cl)ccc(OCc3nnc4n3CCOC4)c2[C@H]1N1CC2(CC2)CC1=O. The summed E-state index contributed by atoms with van der Waals surface area (Å²) < 4.78 is 13.9. The Labute approximate surface area is 242 Å². The molecule has 2 unspecified atom stereocenters. The maximum atomic E-state index is 14.2. The number of benzene rings is 1. The van der Waals surface area contributed by atoms with E-state index in [1.807, 2.05) is 9.47 Å². The molecule has 1 spiro atoms. The number of aliphatic carboxylic acids is 1. The summed E-state index contributed by atoms with van der Waals surface area (Å²) >= 11 is 6.75. The molecule has 1 saturated heterocycles. The summed E-state index contributed by atoms with van der Waals surface area (Å²) in [7, 11) is 0. The second-order valence-corrected chi connectivity index (χ2v) is 12.6. The molecule has 3 aliphatic heterocycles. The van der Waals surface area contributed by atoms with E-state index in [4.69, 9.17) is 21.1 Å². The third-order valence-corrected chi connectivity index (χ3v) is 10.0. The Balaban J connectivity index is 1.26. The molecule has 3 fully saturated rings. The highest BCUT2D eigenvalue weighted by Gasteiger charge is 2.56. The van der Waals surface area contributed by atoms with E-state index in [-0.39, 0.29) is 23.8 Å². The Morgan fingerprint density at radius 1 is 1.15 bits per heavy atom. The van der Waals surface area contributed by atoms with Gasteiger partial charge in [-0.3, -0.25) is 14.4 Å². The highest BCUT2D eigenvalue weighted by molar-refractivity contribution is 6.31. The Kier molecular flexibility index (Phi) is 6.69. The number of nitrogens with zero attached hydrogens (tertiary/aromatic N) is 5. The normalized spacial score (nSPS) is 26.6. The van der Waals surface area contributed by atoms with Crippen LogP contribution < -0.4 is 4.74 Å². The van der Waals surface area contributed by atoms with E-state index in [0.29, 0.717) is 80.7 Å². The molecular weight excluding hydrogens is 550 g/mol. The molecule has 4 heterocycles. The zero-order valence-electron chi connectivity index (χ0n) is 22.9. The molecule has 0 bridgehead atoms. The second-order valence-electron chi connectivity index (χ2n) is 12.2. The van der Waals surface area contributed by atoms with E-state index in [0.717, 1.165) is 37.1 Å². The minimum absolute atomic E-state index is 0.00836. The molecule has 2 aromatic rings. The Morgan fingerprint density at radius 2 is 1.95 bits per heavy atom. The predicted molar refractivity (Wildman–Crippen MR) is 145 cm³/mol. The molecule has 2 saturated carbocycles. The Hall–Kier alpha value is -3.18. The molecule has 3 atom stereocenters. The number of carbonyl (C=O) groups excluding carboxylic acids is 2. The first-order chi connectivity index (χ1) is 19.8. The molecule has 218 valence electrons. The van der Waals surface area contributed by atoms with E-state index in [1.54, 1.807) is 17.0 Å². The van der Waals surface area contributed by atoms with Gasteiger partial charge in [0.25, 0.3) is 0 Å². The molecule has 1 aromatic carbocycles. The lowest BCUT2D eigenvalue weighted by Gasteiger charge is -2.45. The quantitative estimate of drug-likeness (QED) is 0.549. The minimum Gasteiger partial charge on any atom is -0.485 e. The van der Waals surface area contributed by atoms with Crippen LogP contribution in [0, 0.1) is 17.3 Å². The molecular formula is C29H34ClN5O6. The van der Waals surface area contributed by atoms with Crippen molar-refractivity contribution in [2.24, 2.45) is 17.3 Å². The van der Waals surface area contributed by atoms with Crippen LogP contribution in [0.1, 0.15) is 73.9 Å². The van der Waals surface area contributed by atoms with Crippen molar-refractivity contribution in [3.05, 3.63) is 39.9 Å². The van der Waals surface area contributed by atoms with E-state index < -0.39 is 24.0 Å². The van der Waals surface area contributed by atoms with E-state index in [1.165, 1.54) is 0 Å². The molecule has 2 aliphatic carbocycles. The Morgan fingerprint density at radius 3 is 2.71 bits per heavy atom. The number of hydrogen-bond donors (Lipinski definition) is 1. The first-order valence-electron chi connectivity index (χ1n) is 14.6. The summed E-state index contributed by atoms with van der Waals surface area (Å²) in [5.41, 5.74) is 1.55. The number of ether oxygens (including phenoxy) is 2. The van der Waals surface area contributed by atoms with Crippen LogP contribution in [0.2, 0.25) is 5.02 Å². The summed E-state index contributed by atoms with van der Waals surface area (Å²) in [6.07, 6.45) is 4.87. The van der Waals surface area contributed by atoms with Gasteiger partial charge in [0.05, 0.1) is 18.4 Å². The van der Waals surface area contributed by atoms with Crippen LogP contribution >= 0.6 is 11.6 Å². The zero-order valence-corrected chi connectivity index (χ0v) is 23.6. The van der Waals surface area contributed by atoms with E-state index in [9.17, 15) is 19.5 Å². The maximum Gasteiger partial charge on any atom is 0.307 e. The van der Waals surface area contributed by atoms with Crippen molar-refractivity contribution >= 4 is 29.4 Å². The lowest BCUT2D eigenvalue weighted by molar-refractivity contribution is -0.157. The first-order valence-corrected chi connectivity index (χ1v) is 15.0. The van der Waals surface area contributed by atoms with E-state index in [2.05, 4.69) is 10.2 Å². The van der Waals surface area contributed by atoms with Gasteiger partial charge in [0.1, 0.15) is 25.1 Å². The van der Waals surface area contributed by atoms with Crippen LogP contribution in [-0.4, -0.2) is 67.2 Å². The number of fused-ring (bicyclic) bond motifs is 2. The van der Waals surface area contributed by atoms with Crippen LogP contribution in [0.15, 0.2) is 12.1 Å². The van der Waals surface area contributed by atoms with Gasteiger partial charge >= 0.3 is 5.97 Å². The number of hydrogen-bond acceptors (Lipinski definition) is 7. The molecule has 41 heavy (non-hydrogen) atoms. The summed E-state index contributed by atoms with van der Waals surface area (Å²) in [6.45, 7) is 2.70. The van der Waals surface area contributed by atoms with Crippen LogP contribution in [0.25, 0.3) is 0 Å². The van der Waals surface area contributed by atoms with Gasteiger partial charge < -0.3 is 28.9 Å². The summed E-state index contributed by atoms with van der Waals surface area (Å²) in [4.78, 5) is 43.5. The molecule has 5 aliphatic rings. The maximum absolute atomic E-state index is 14.2. The van der Waals surface area contributed by atoms with Crippen molar-refractivity contribution in [1.29, 1.82) is 0 Å².